The first kappa shape index (κ1) is 46.8. The minimum Gasteiger partial charge on any atom is -0.478 e. The van der Waals surface area contributed by atoms with Crippen molar-refractivity contribution >= 4 is 29.8 Å². The number of carbonyl (C=O) groups excluding carboxylic acids is 3. The zero-order chi connectivity index (χ0) is 33.6. The number of allylic oxidation sites excluding steroid dienone is 1. The van der Waals surface area contributed by atoms with Crippen LogP contribution in [0.3, 0.4) is 0 Å². The smallest absolute Gasteiger partial charge is 0.333 e. The van der Waals surface area contributed by atoms with Gasteiger partial charge >= 0.3 is 29.8 Å². The standard InChI is InChI=1S/C8H15NO2.C8H14O2.C5H8O3.C5H8O2.C3H4O2/c1-7(2)8(10)11-6-5-9(3)4;1-6(2)4-5-7(3)8(9)10;1-2-5(7)8-4-3-6;1-4(2)5(6)7-3;1-2-3(4)5/h1,5-6H2,2-4H3;5-6H,4H2,1-3H3,(H,9,10);2,6H,1,3-4H2;1H2,2-3H3;2H,1H2,(H,4,5)/b;7-5+;;;. The van der Waals surface area contributed by atoms with Crippen molar-refractivity contribution in [2.75, 3.05) is 47.6 Å². The molecule has 0 fully saturated rings. The molecule has 0 saturated heterocycles. The number of likely N-dealkylation sites (N-methyl/N-ethyl adjacent to an activating group) is 1. The van der Waals surface area contributed by atoms with Crippen molar-refractivity contribution in [2.24, 2.45) is 5.92 Å². The van der Waals surface area contributed by atoms with Gasteiger partial charge in [0.1, 0.15) is 13.2 Å². The second-order valence-corrected chi connectivity index (χ2v) is 8.45. The molecule has 3 N–H and O–H groups in total. The molecule has 0 heterocycles. The number of aliphatic hydroxyl groups excluding tert-OH is 1. The van der Waals surface area contributed by atoms with Crippen LogP contribution in [0.2, 0.25) is 0 Å². The average molecular weight is 588 g/mol. The van der Waals surface area contributed by atoms with Gasteiger partial charge in [-0.1, -0.05) is 46.2 Å². The highest BCUT2D eigenvalue weighted by Gasteiger charge is 2.02. The van der Waals surface area contributed by atoms with Crippen LogP contribution in [0.5, 0.6) is 0 Å². The Labute approximate surface area is 244 Å². The fourth-order valence-electron chi connectivity index (χ4n) is 1.32. The van der Waals surface area contributed by atoms with Gasteiger partial charge in [-0.25, -0.2) is 24.0 Å². The maximum absolute atomic E-state index is 10.8. The van der Waals surface area contributed by atoms with Crippen molar-refractivity contribution in [2.45, 2.75) is 41.0 Å². The van der Waals surface area contributed by atoms with Gasteiger partial charge in [0, 0.05) is 35.4 Å². The number of methoxy groups -OCH3 is 1. The highest BCUT2D eigenvalue weighted by atomic mass is 16.5. The highest BCUT2D eigenvalue weighted by molar-refractivity contribution is 5.87. The van der Waals surface area contributed by atoms with Gasteiger partial charge in [-0.3, -0.25) is 0 Å². The summed E-state index contributed by atoms with van der Waals surface area (Å²) in [5.41, 5.74) is 1.32. The minimum absolute atomic E-state index is 0.0465. The van der Waals surface area contributed by atoms with Crippen LogP contribution in [0, 0.1) is 5.92 Å². The molecule has 41 heavy (non-hydrogen) atoms. The molecule has 0 atom stereocenters. The van der Waals surface area contributed by atoms with E-state index in [0.717, 1.165) is 25.1 Å². The Hall–Kier alpha value is -4.03. The summed E-state index contributed by atoms with van der Waals surface area (Å²) in [6.45, 7) is 23.0. The van der Waals surface area contributed by atoms with E-state index in [2.05, 4.69) is 49.6 Å². The molecule has 0 saturated carbocycles. The van der Waals surface area contributed by atoms with E-state index in [-0.39, 0.29) is 25.2 Å². The van der Waals surface area contributed by atoms with Gasteiger partial charge in [-0.05, 0) is 47.2 Å². The van der Waals surface area contributed by atoms with Crippen molar-refractivity contribution in [3.63, 3.8) is 0 Å². The van der Waals surface area contributed by atoms with Crippen LogP contribution in [-0.2, 0) is 38.2 Å². The fraction of sp³-hybridized carbons (Fsp3) is 0.483. The van der Waals surface area contributed by atoms with E-state index in [0.29, 0.717) is 29.2 Å². The molecule has 0 bridgehead atoms. The molecule has 0 aliphatic carbocycles. The lowest BCUT2D eigenvalue weighted by atomic mass is 10.1. The predicted molar refractivity (Wildman–Crippen MR) is 158 cm³/mol. The quantitative estimate of drug-likeness (QED) is 0.172. The normalized spacial score (nSPS) is 9.29. The number of rotatable bonds is 12. The zero-order valence-corrected chi connectivity index (χ0v) is 25.7. The molecule has 0 rings (SSSR count). The number of ether oxygens (including phenoxy) is 3. The molecule has 0 amide bonds. The highest BCUT2D eigenvalue weighted by Crippen LogP contribution is 2.03. The van der Waals surface area contributed by atoms with Gasteiger partial charge in [0.25, 0.3) is 0 Å². The maximum atomic E-state index is 10.8. The second-order valence-electron chi connectivity index (χ2n) is 8.45. The first-order valence-corrected chi connectivity index (χ1v) is 12.2. The predicted octanol–water partition coefficient (Wildman–Crippen LogP) is 3.43. The Balaban J connectivity index is -0.000000135. The molecular weight excluding hydrogens is 538 g/mol. The number of carboxylic acid groups (broad SMARTS) is 2. The Bertz CT molecular complexity index is 857. The number of carboxylic acids is 2. The van der Waals surface area contributed by atoms with Crippen LogP contribution in [0.1, 0.15) is 41.0 Å². The summed E-state index contributed by atoms with van der Waals surface area (Å²) >= 11 is 0. The number of hydrogen-bond acceptors (Lipinski definition) is 10. The van der Waals surface area contributed by atoms with Crippen molar-refractivity contribution in [1.29, 1.82) is 0 Å². The summed E-state index contributed by atoms with van der Waals surface area (Å²) in [7, 11) is 5.18. The molecule has 0 aliphatic rings. The van der Waals surface area contributed by atoms with Crippen LogP contribution >= 0.6 is 0 Å². The van der Waals surface area contributed by atoms with Crippen LogP contribution in [0.4, 0.5) is 0 Å². The first-order valence-electron chi connectivity index (χ1n) is 12.2. The lowest BCUT2D eigenvalue weighted by Gasteiger charge is -2.09. The van der Waals surface area contributed by atoms with Gasteiger partial charge in [0.05, 0.1) is 13.7 Å². The number of hydrogen-bond donors (Lipinski definition) is 3. The van der Waals surface area contributed by atoms with E-state index in [9.17, 15) is 24.0 Å². The second kappa shape index (κ2) is 32.2. The van der Waals surface area contributed by atoms with Crippen molar-refractivity contribution in [3.05, 3.63) is 61.3 Å². The maximum Gasteiger partial charge on any atom is 0.333 e. The van der Waals surface area contributed by atoms with Crippen LogP contribution in [-0.4, -0.2) is 97.6 Å². The van der Waals surface area contributed by atoms with Crippen molar-refractivity contribution < 1.29 is 53.5 Å². The third-order valence-electron chi connectivity index (χ3n) is 3.56. The molecule has 0 radical (unpaired) electrons. The summed E-state index contributed by atoms with van der Waals surface area (Å²) in [6.07, 6.45) is 4.49. The minimum atomic E-state index is -0.981. The topological polar surface area (TPSA) is 177 Å². The van der Waals surface area contributed by atoms with Crippen molar-refractivity contribution in [3.8, 4) is 0 Å². The average Bonchev–Trinajstić information content (AvgIpc) is 2.90. The Morgan fingerprint density at radius 1 is 0.854 bits per heavy atom. The van der Waals surface area contributed by atoms with E-state index < -0.39 is 17.9 Å². The number of aliphatic carboxylic acids is 2. The molecule has 236 valence electrons. The van der Waals surface area contributed by atoms with Gasteiger partial charge in [0.15, 0.2) is 0 Å². The summed E-state index contributed by atoms with van der Waals surface area (Å²) in [5.74, 6) is -2.43. The van der Waals surface area contributed by atoms with E-state index >= 15 is 0 Å². The zero-order valence-electron chi connectivity index (χ0n) is 25.7. The number of carbonyl (C=O) groups is 5. The monoisotopic (exact) mass is 587 g/mol. The van der Waals surface area contributed by atoms with Gasteiger partial charge in [0.2, 0.25) is 0 Å². The van der Waals surface area contributed by atoms with Crippen LogP contribution < -0.4 is 0 Å². The summed E-state index contributed by atoms with van der Waals surface area (Å²) in [5, 5.41) is 24.1. The van der Waals surface area contributed by atoms with Gasteiger partial charge in [-0.2, -0.15) is 0 Å². The number of nitrogens with zero attached hydrogens (tertiary/aromatic N) is 1. The Kier molecular flexibility index (Phi) is 36.7. The first-order chi connectivity index (χ1) is 18.8. The lowest BCUT2D eigenvalue weighted by Crippen LogP contribution is -2.20. The SMILES string of the molecule is C/C(=C\CC(C)C)C(=O)O.C=C(C)C(=O)OC.C=C(C)C(=O)OCCN(C)C.C=CC(=O)O.C=CC(=O)OCCO. The van der Waals surface area contributed by atoms with E-state index in [1.807, 2.05) is 19.0 Å². The molecule has 0 aromatic heterocycles. The largest absolute Gasteiger partial charge is 0.478 e. The van der Waals surface area contributed by atoms with E-state index in [1.165, 1.54) is 7.11 Å². The van der Waals surface area contributed by atoms with Gasteiger partial charge < -0.3 is 34.4 Å². The molecule has 0 aliphatic heterocycles. The Morgan fingerprint density at radius 2 is 1.32 bits per heavy atom. The summed E-state index contributed by atoms with van der Waals surface area (Å²) < 4.78 is 13.4. The third kappa shape index (κ3) is 49.5. The summed E-state index contributed by atoms with van der Waals surface area (Å²) in [4.78, 5) is 52.5. The van der Waals surface area contributed by atoms with E-state index in [1.54, 1.807) is 26.8 Å². The molecule has 0 unspecified atom stereocenters. The Morgan fingerprint density at radius 3 is 1.56 bits per heavy atom. The van der Waals surface area contributed by atoms with Gasteiger partial charge in [-0.15, -0.1) is 0 Å². The fourth-order valence-corrected chi connectivity index (χ4v) is 1.32. The van der Waals surface area contributed by atoms with Crippen LogP contribution in [0.25, 0.3) is 0 Å². The number of aliphatic hydroxyl groups is 1. The molecule has 0 aromatic carbocycles. The number of esters is 3. The molecular formula is C29H49NO11. The molecule has 0 aromatic rings. The summed E-state index contributed by atoms with van der Waals surface area (Å²) in [6, 6.07) is 0. The van der Waals surface area contributed by atoms with E-state index in [4.69, 9.17) is 20.1 Å². The molecule has 0 spiro atoms. The van der Waals surface area contributed by atoms with Crippen LogP contribution in [0.15, 0.2) is 61.3 Å². The molecule has 12 nitrogen and oxygen atoms in total. The molecule has 12 heteroatoms. The van der Waals surface area contributed by atoms with Crippen molar-refractivity contribution in [1.82, 2.24) is 4.90 Å². The third-order valence-corrected chi connectivity index (χ3v) is 3.56. The lowest BCUT2D eigenvalue weighted by molar-refractivity contribution is -0.139.